The highest BCUT2D eigenvalue weighted by Gasteiger charge is 2.59. The van der Waals surface area contributed by atoms with Crippen LogP contribution in [-0.2, 0) is 19.1 Å². The van der Waals surface area contributed by atoms with E-state index in [1.54, 1.807) is 6.08 Å². The van der Waals surface area contributed by atoms with E-state index in [1.807, 2.05) is 26.0 Å². The van der Waals surface area contributed by atoms with E-state index in [1.165, 1.54) is 0 Å². The quantitative estimate of drug-likeness (QED) is 0.201. The molecule has 12 unspecified atom stereocenters. The van der Waals surface area contributed by atoms with Gasteiger partial charge in [0.1, 0.15) is 12.7 Å². The van der Waals surface area contributed by atoms with Gasteiger partial charge in [-0.3, -0.25) is 0 Å². The summed E-state index contributed by atoms with van der Waals surface area (Å²) in [5, 5.41) is 42.7. The van der Waals surface area contributed by atoms with Crippen molar-refractivity contribution >= 4 is 11.9 Å². The molecule has 4 fully saturated rings. The topological polar surface area (TPSA) is 134 Å². The van der Waals surface area contributed by atoms with E-state index >= 15 is 0 Å². The predicted octanol–water partition coefficient (Wildman–Crippen LogP) is 5.37. The second-order valence-electron chi connectivity index (χ2n) is 16.9. The van der Waals surface area contributed by atoms with Crippen LogP contribution in [0.15, 0.2) is 59.8 Å². The number of carbonyl (C=O) groups excluding carboxylic acids is 2. The summed E-state index contributed by atoms with van der Waals surface area (Å²) in [6, 6.07) is 0. The van der Waals surface area contributed by atoms with Crippen molar-refractivity contribution in [2.24, 2.45) is 51.2 Å². The van der Waals surface area contributed by atoms with Crippen molar-refractivity contribution in [3.63, 3.8) is 0 Å². The molecule has 6 rings (SSSR count). The van der Waals surface area contributed by atoms with Gasteiger partial charge in [0.2, 0.25) is 0 Å². The summed E-state index contributed by atoms with van der Waals surface area (Å²) in [5.41, 5.74) is 1.44. The standard InChI is InChI=1S/C40H56O8/c1-23-7-11-31-37(3,16-13-33(43)39(31,5)21-41)28(23)10-9-25-19-30(48-35(25)45)27(26-15-18-47-36(26)46)20-29-24(2)8-12-32-38(29,4)17-14-34(44)40(32,6)22-42/h9-10,15,19,27-34,41-44H,1-2,7-8,11-14,16-18,20-22H2,3-6H3. The lowest BCUT2D eigenvalue weighted by molar-refractivity contribution is -0.156. The number of esters is 2. The lowest BCUT2D eigenvalue weighted by Gasteiger charge is -2.60. The van der Waals surface area contributed by atoms with Gasteiger partial charge in [-0.15, -0.1) is 0 Å². The van der Waals surface area contributed by atoms with E-state index in [0.717, 1.165) is 49.7 Å². The first-order valence-electron chi connectivity index (χ1n) is 18.1. The van der Waals surface area contributed by atoms with Crippen molar-refractivity contribution in [1.29, 1.82) is 0 Å². The van der Waals surface area contributed by atoms with Crippen LogP contribution in [0.2, 0.25) is 0 Å². The molecule has 8 nitrogen and oxygen atoms in total. The van der Waals surface area contributed by atoms with E-state index in [0.29, 0.717) is 30.4 Å². The second kappa shape index (κ2) is 12.7. The first kappa shape index (κ1) is 35.3. The largest absolute Gasteiger partial charge is 0.458 e. The zero-order valence-corrected chi connectivity index (χ0v) is 29.2. The number of carbonyl (C=O) groups is 2. The summed E-state index contributed by atoms with van der Waals surface area (Å²) in [6.07, 6.45) is 12.3. The Bertz CT molecular complexity index is 1440. The molecule has 0 aromatic rings. The van der Waals surface area contributed by atoms with Crippen molar-refractivity contribution in [1.82, 2.24) is 0 Å². The average molecular weight is 665 g/mol. The summed E-state index contributed by atoms with van der Waals surface area (Å²) in [7, 11) is 0. The fourth-order valence-electron chi connectivity index (χ4n) is 11.5. The minimum absolute atomic E-state index is 0.00875. The molecule has 0 aromatic heterocycles. The number of allylic oxidation sites excluding steroid dienone is 3. The van der Waals surface area contributed by atoms with Crippen LogP contribution in [0.1, 0.15) is 85.5 Å². The van der Waals surface area contributed by atoms with E-state index in [9.17, 15) is 30.0 Å². The number of aliphatic hydroxyl groups is 4. The van der Waals surface area contributed by atoms with Gasteiger partial charge in [-0.25, -0.2) is 9.59 Å². The third-order valence-corrected chi connectivity index (χ3v) is 14.6. The van der Waals surface area contributed by atoms with Crippen LogP contribution in [0.4, 0.5) is 0 Å². The van der Waals surface area contributed by atoms with Gasteiger partial charge >= 0.3 is 11.9 Å². The molecule has 4 saturated carbocycles. The van der Waals surface area contributed by atoms with Crippen LogP contribution in [0.25, 0.3) is 0 Å². The van der Waals surface area contributed by atoms with Crippen LogP contribution < -0.4 is 0 Å². The highest BCUT2D eigenvalue weighted by atomic mass is 16.6. The molecule has 2 heterocycles. The minimum atomic E-state index is -0.662. The van der Waals surface area contributed by atoms with E-state index in [2.05, 4.69) is 33.1 Å². The molecule has 264 valence electrons. The molecule has 4 aliphatic carbocycles. The van der Waals surface area contributed by atoms with Gasteiger partial charge in [-0.1, -0.05) is 64.2 Å². The Morgan fingerprint density at radius 1 is 0.875 bits per heavy atom. The van der Waals surface area contributed by atoms with Crippen LogP contribution in [0, 0.1) is 51.2 Å². The van der Waals surface area contributed by atoms with Crippen LogP contribution >= 0.6 is 0 Å². The van der Waals surface area contributed by atoms with Crippen LogP contribution in [0.5, 0.6) is 0 Å². The Kier molecular flexibility index (Phi) is 9.32. The lowest BCUT2D eigenvalue weighted by Crippen LogP contribution is -2.57. The number of rotatable bonds is 8. The Labute approximate surface area is 285 Å². The highest BCUT2D eigenvalue weighted by Crippen LogP contribution is 2.63. The number of ether oxygens (including phenoxy) is 2. The molecule has 2 aliphatic heterocycles. The first-order valence-corrected chi connectivity index (χ1v) is 18.1. The molecule has 0 aromatic carbocycles. The summed E-state index contributed by atoms with van der Waals surface area (Å²) >= 11 is 0. The monoisotopic (exact) mass is 664 g/mol. The molecule has 4 N–H and O–H groups in total. The number of fused-ring (bicyclic) bond motifs is 2. The van der Waals surface area contributed by atoms with E-state index in [-0.39, 0.29) is 60.3 Å². The van der Waals surface area contributed by atoms with Gasteiger partial charge in [0.15, 0.2) is 0 Å². The maximum absolute atomic E-state index is 13.5. The third kappa shape index (κ3) is 5.41. The van der Waals surface area contributed by atoms with Gasteiger partial charge in [0.25, 0.3) is 0 Å². The molecule has 12 atom stereocenters. The van der Waals surface area contributed by atoms with Gasteiger partial charge in [-0.2, -0.15) is 0 Å². The molecule has 0 bridgehead atoms. The zero-order valence-electron chi connectivity index (χ0n) is 29.2. The molecule has 0 radical (unpaired) electrons. The Balaban J connectivity index is 1.30. The Morgan fingerprint density at radius 2 is 1.46 bits per heavy atom. The summed E-state index contributed by atoms with van der Waals surface area (Å²) in [4.78, 5) is 26.5. The van der Waals surface area contributed by atoms with E-state index < -0.39 is 41.0 Å². The van der Waals surface area contributed by atoms with Crippen molar-refractivity contribution < 1.29 is 39.5 Å². The Morgan fingerprint density at radius 3 is 2.04 bits per heavy atom. The van der Waals surface area contributed by atoms with Crippen molar-refractivity contribution in [2.75, 3.05) is 19.8 Å². The normalized spacial score (nSPS) is 45.3. The molecule has 48 heavy (non-hydrogen) atoms. The molecule has 8 heteroatoms. The van der Waals surface area contributed by atoms with E-state index in [4.69, 9.17) is 9.47 Å². The van der Waals surface area contributed by atoms with Gasteiger partial charge in [0.05, 0.1) is 31.0 Å². The maximum Gasteiger partial charge on any atom is 0.338 e. The van der Waals surface area contributed by atoms with Crippen molar-refractivity contribution in [3.05, 3.63) is 59.8 Å². The van der Waals surface area contributed by atoms with Crippen LogP contribution in [-0.4, -0.2) is 70.5 Å². The summed E-state index contributed by atoms with van der Waals surface area (Å²) < 4.78 is 11.4. The predicted molar refractivity (Wildman–Crippen MR) is 182 cm³/mol. The van der Waals surface area contributed by atoms with Crippen molar-refractivity contribution in [2.45, 2.75) is 104 Å². The summed E-state index contributed by atoms with van der Waals surface area (Å²) in [5.74, 6) is -1.13. The van der Waals surface area contributed by atoms with Crippen molar-refractivity contribution in [3.8, 4) is 0 Å². The number of aliphatic hydroxyl groups excluding tert-OH is 4. The maximum atomic E-state index is 13.5. The molecule has 0 amide bonds. The minimum Gasteiger partial charge on any atom is -0.458 e. The molecular formula is C40H56O8. The number of hydrogen-bond donors (Lipinski definition) is 4. The molecule has 0 spiro atoms. The third-order valence-electron chi connectivity index (χ3n) is 14.6. The number of cyclic esters (lactones) is 2. The SMILES string of the molecule is C=C1CCC2C(C)(CO)C(O)CCC2(C)C1C=CC1=CC(C(CC2C(=C)CCC3C(C)(CO)C(O)CCC23C)C2=CCOC2=O)OC1=O. The summed E-state index contributed by atoms with van der Waals surface area (Å²) in [6.45, 7) is 17.4. The smallest absolute Gasteiger partial charge is 0.338 e. The van der Waals surface area contributed by atoms with Gasteiger partial charge in [0, 0.05) is 28.2 Å². The molecule has 6 aliphatic rings. The van der Waals surface area contributed by atoms with Crippen LogP contribution in [0.3, 0.4) is 0 Å². The van der Waals surface area contributed by atoms with Gasteiger partial charge in [-0.05, 0) is 98.5 Å². The zero-order chi connectivity index (χ0) is 34.8. The fraction of sp³-hybridized carbons (Fsp3) is 0.700. The Hall–Kier alpha value is -2.52. The fourth-order valence-corrected chi connectivity index (χ4v) is 11.5. The average Bonchev–Trinajstić information content (AvgIpc) is 3.65. The van der Waals surface area contributed by atoms with Gasteiger partial charge < -0.3 is 29.9 Å². The highest BCUT2D eigenvalue weighted by molar-refractivity contribution is 5.95. The second-order valence-corrected chi connectivity index (χ2v) is 16.9. The first-order chi connectivity index (χ1) is 22.6. The molecule has 0 saturated heterocycles. The molecular weight excluding hydrogens is 608 g/mol. The number of hydrogen-bond acceptors (Lipinski definition) is 8. The lowest BCUT2D eigenvalue weighted by atomic mass is 9.45.